The summed E-state index contributed by atoms with van der Waals surface area (Å²) in [6.07, 6.45) is 3.55. The van der Waals surface area contributed by atoms with E-state index in [9.17, 15) is 0 Å². The number of hydrogen-bond donors (Lipinski definition) is 2. The number of anilines is 1. The van der Waals surface area contributed by atoms with Gasteiger partial charge in [0.1, 0.15) is 18.1 Å². The zero-order valence-electron chi connectivity index (χ0n) is 13.6. The summed E-state index contributed by atoms with van der Waals surface area (Å²) < 4.78 is 5.65. The summed E-state index contributed by atoms with van der Waals surface area (Å²) in [4.78, 5) is 17.7. The number of H-pyrrole nitrogens is 1. The highest BCUT2D eigenvalue weighted by molar-refractivity contribution is 6.28. The van der Waals surface area contributed by atoms with Crippen molar-refractivity contribution in [1.29, 1.82) is 0 Å². The summed E-state index contributed by atoms with van der Waals surface area (Å²) in [6.45, 7) is 2.03. The second kappa shape index (κ2) is 7.46. The number of nitrogens with one attached hydrogen (secondary N) is 2. The van der Waals surface area contributed by atoms with Crippen molar-refractivity contribution in [2.24, 2.45) is 0 Å². The Kier molecular flexibility index (Phi) is 5.12. The smallest absolute Gasteiger partial charge is 0.226 e. The average molecular weight is 347 g/mol. The van der Waals surface area contributed by atoms with Gasteiger partial charge >= 0.3 is 0 Å². The molecule has 0 saturated heterocycles. The fraction of sp³-hybridized carbons (Fsp3) is 0.312. The Hall–Kier alpha value is -2.38. The molecule has 126 valence electrons. The van der Waals surface area contributed by atoms with Gasteiger partial charge in [0.15, 0.2) is 0 Å². The number of nitrogens with zero attached hydrogens (tertiary/aromatic N) is 4. The van der Waals surface area contributed by atoms with Gasteiger partial charge in [0.25, 0.3) is 0 Å². The molecule has 3 rings (SSSR count). The first kappa shape index (κ1) is 16.5. The molecule has 2 N–H and O–H groups in total. The number of aromatic nitrogens is 4. The molecule has 3 heterocycles. The van der Waals surface area contributed by atoms with Gasteiger partial charge in [-0.1, -0.05) is 0 Å². The lowest BCUT2D eigenvalue weighted by molar-refractivity contribution is 0.253. The highest BCUT2D eigenvalue weighted by atomic mass is 35.5. The number of likely N-dealkylation sites (N-methyl/N-ethyl adjacent to an activating group) is 1. The fourth-order valence-corrected chi connectivity index (χ4v) is 2.38. The van der Waals surface area contributed by atoms with Gasteiger partial charge in [-0.15, -0.1) is 0 Å². The first-order valence-corrected chi connectivity index (χ1v) is 7.96. The van der Waals surface area contributed by atoms with Gasteiger partial charge in [0, 0.05) is 31.5 Å². The van der Waals surface area contributed by atoms with E-state index in [1.54, 1.807) is 6.20 Å². The lowest BCUT2D eigenvalue weighted by Crippen LogP contribution is -2.19. The molecule has 0 saturated carbocycles. The van der Waals surface area contributed by atoms with Crippen LogP contribution in [0.5, 0.6) is 5.88 Å². The number of ether oxygens (including phenoxy) is 1. The number of fused-ring (bicyclic) bond motifs is 1. The van der Waals surface area contributed by atoms with E-state index in [0.717, 1.165) is 17.5 Å². The van der Waals surface area contributed by atoms with Crippen molar-refractivity contribution in [3.63, 3.8) is 0 Å². The molecular weight excluding hydrogens is 328 g/mol. The Bertz CT molecular complexity index is 819. The molecular formula is C16H19ClN6O. The van der Waals surface area contributed by atoms with E-state index in [4.69, 9.17) is 16.3 Å². The van der Waals surface area contributed by atoms with Crippen LogP contribution in [0.25, 0.3) is 11.0 Å². The Morgan fingerprint density at radius 1 is 1.29 bits per heavy atom. The standard InChI is InChI=1S/C16H19ClN6O/c1-23(2)7-8-24-13-9-11(3-5-18-13)10-20-15-12-4-6-19-14(12)21-16(17)22-15/h3-6,9H,7-8,10H2,1-2H3,(H2,19,20,21,22). The molecule has 24 heavy (non-hydrogen) atoms. The van der Waals surface area contributed by atoms with Crippen molar-refractivity contribution in [1.82, 2.24) is 24.8 Å². The van der Waals surface area contributed by atoms with Gasteiger partial charge < -0.3 is 19.9 Å². The maximum Gasteiger partial charge on any atom is 0.226 e. The van der Waals surface area contributed by atoms with Gasteiger partial charge in [-0.3, -0.25) is 0 Å². The number of pyridine rings is 1. The van der Waals surface area contributed by atoms with E-state index in [0.29, 0.717) is 30.5 Å². The van der Waals surface area contributed by atoms with Crippen LogP contribution in [0.15, 0.2) is 30.6 Å². The summed E-state index contributed by atoms with van der Waals surface area (Å²) in [6, 6.07) is 5.76. The van der Waals surface area contributed by atoms with Crippen molar-refractivity contribution >= 4 is 28.5 Å². The lowest BCUT2D eigenvalue weighted by Gasteiger charge is -2.11. The van der Waals surface area contributed by atoms with Gasteiger partial charge in [0.05, 0.1) is 5.39 Å². The number of hydrogen-bond acceptors (Lipinski definition) is 6. The highest BCUT2D eigenvalue weighted by Gasteiger charge is 2.07. The molecule has 0 aliphatic rings. The van der Waals surface area contributed by atoms with Crippen LogP contribution in [0.1, 0.15) is 5.56 Å². The van der Waals surface area contributed by atoms with Crippen LogP contribution in [-0.4, -0.2) is 52.1 Å². The quantitative estimate of drug-likeness (QED) is 0.640. The molecule has 0 atom stereocenters. The van der Waals surface area contributed by atoms with Crippen LogP contribution in [0.2, 0.25) is 5.28 Å². The van der Waals surface area contributed by atoms with E-state index in [1.165, 1.54) is 0 Å². The molecule has 0 spiro atoms. The molecule has 0 unspecified atom stereocenters. The molecule has 0 aliphatic carbocycles. The largest absolute Gasteiger partial charge is 0.476 e. The monoisotopic (exact) mass is 346 g/mol. The Morgan fingerprint density at radius 3 is 3.00 bits per heavy atom. The SMILES string of the molecule is CN(C)CCOc1cc(CNc2nc(Cl)nc3[nH]ccc23)ccn1. The van der Waals surface area contributed by atoms with Crippen molar-refractivity contribution in [3.8, 4) is 5.88 Å². The Morgan fingerprint density at radius 2 is 2.17 bits per heavy atom. The van der Waals surface area contributed by atoms with Crippen molar-refractivity contribution in [2.75, 3.05) is 32.6 Å². The third kappa shape index (κ3) is 4.12. The number of rotatable bonds is 7. The molecule has 3 aromatic rings. The zero-order valence-corrected chi connectivity index (χ0v) is 14.3. The van der Waals surface area contributed by atoms with E-state index in [2.05, 4.69) is 30.2 Å². The molecule has 0 fully saturated rings. The fourth-order valence-electron chi connectivity index (χ4n) is 2.21. The predicted octanol–water partition coefficient (Wildman–Crippen LogP) is 2.56. The minimum atomic E-state index is 0.204. The molecule has 0 aliphatic heterocycles. The molecule has 0 amide bonds. The minimum absolute atomic E-state index is 0.204. The summed E-state index contributed by atoms with van der Waals surface area (Å²) in [5.41, 5.74) is 1.75. The number of halogens is 1. The van der Waals surface area contributed by atoms with Crippen LogP contribution in [0.4, 0.5) is 5.82 Å². The normalized spacial score (nSPS) is 11.2. The van der Waals surface area contributed by atoms with Crippen LogP contribution >= 0.6 is 11.6 Å². The lowest BCUT2D eigenvalue weighted by atomic mass is 10.2. The van der Waals surface area contributed by atoms with E-state index >= 15 is 0 Å². The summed E-state index contributed by atoms with van der Waals surface area (Å²) in [5.74, 6) is 1.31. The minimum Gasteiger partial charge on any atom is -0.476 e. The third-order valence-corrected chi connectivity index (χ3v) is 3.61. The highest BCUT2D eigenvalue weighted by Crippen LogP contribution is 2.21. The molecule has 0 bridgehead atoms. The second-order valence-electron chi connectivity index (χ2n) is 5.59. The average Bonchev–Trinajstić information content (AvgIpc) is 3.01. The maximum absolute atomic E-state index is 5.95. The maximum atomic E-state index is 5.95. The molecule has 0 aromatic carbocycles. The predicted molar refractivity (Wildman–Crippen MR) is 94.5 cm³/mol. The molecule has 8 heteroatoms. The van der Waals surface area contributed by atoms with Crippen LogP contribution in [0.3, 0.4) is 0 Å². The van der Waals surface area contributed by atoms with E-state index < -0.39 is 0 Å². The van der Waals surface area contributed by atoms with E-state index in [1.807, 2.05) is 38.5 Å². The van der Waals surface area contributed by atoms with Gasteiger partial charge in [-0.05, 0) is 43.4 Å². The molecule has 0 radical (unpaired) electrons. The zero-order chi connectivity index (χ0) is 16.9. The van der Waals surface area contributed by atoms with Crippen molar-refractivity contribution in [2.45, 2.75) is 6.54 Å². The number of aromatic amines is 1. The topological polar surface area (TPSA) is 79.0 Å². The van der Waals surface area contributed by atoms with Crippen molar-refractivity contribution < 1.29 is 4.74 Å². The van der Waals surface area contributed by atoms with Crippen LogP contribution in [-0.2, 0) is 6.54 Å². The van der Waals surface area contributed by atoms with Crippen LogP contribution < -0.4 is 10.1 Å². The molecule has 3 aromatic heterocycles. The third-order valence-electron chi connectivity index (χ3n) is 3.44. The first-order chi connectivity index (χ1) is 11.6. The summed E-state index contributed by atoms with van der Waals surface area (Å²) in [5, 5.41) is 4.39. The summed E-state index contributed by atoms with van der Waals surface area (Å²) in [7, 11) is 4.01. The summed E-state index contributed by atoms with van der Waals surface area (Å²) >= 11 is 5.95. The Labute approximate surface area is 145 Å². The van der Waals surface area contributed by atoms with E-state index in [-0.39, 0.29) is 5.28 Å². The van der Waals surface area contributed by atoms with Gasteiger partial charge in [-0.25, -0.2) is 9.97 Å². The van der Waals surface area contributed by atoms with Crippen LogP contribution in [0, 0.1) is 0 Å². The van der Waals surface area contributed by atoms with Gasteiger partial charge in [-0.2, -0.15) is 4.98 Å². The second-order valence-corrected chi connectivity index (χ2v) is 5.93. The van der Waals surface area contributed by atoms with Gasteiger partial charge in [0.2, 0.25) is 11.2 Å². The Balaban J connectivity index is 1.66. The van der Waals surface area contributed by atoms with Crippen molar-refractivity contribution in [3.05, 3.63) is 41.4 Å². The molecule has 7 nitrogen and oxygen atoms in total. The first-order valence-electron chi connectivity index (χ1n) is 7.59.